The first-order valence-corrected chi connectivity index (χ1v) is 12.2. The summed E-state index contributed by atoms with van der Waals surface area (Å²) in [6.07, 6.45) is 1.44. The van der Waals surface area contributed by atoms with Gasteiger partial charge in [-0.15, -0.1) is 0 Å². The quantitative estimate of drug-likeness (QED) is 0.743. The Kier molecular flexibility index (Phi) is 6.60. The zero-order valence-electron chi connectivity index (χ0n) is 17.8. The van der Waals surface area contributed by atoms with Gasteiger partial charge in [0.05, 0.1) is 18.1 Å². The molecule has 8 heteroatoms. The Morgan fingerprint density at radius 3 is 2.55 bits per heavy atom. The molecule has 2 aromatic rings. The number of aryl methyl sites for hydroxylation is 1. The summed E-state index contributed by atoms with van der Waals surface area (Å²) < 4.78 is 33.3. The number of amides is 1. The van der Waals surface area contributed by atoms with E-state index in [4.69, 9.17) is 4.74 Å². The molecule has 2 aromatic carbocycles. The fraction of sp³-hybridized carbons (Fsp3) is 0.435. The second-order valence-corrected chi connectivity index (χ2v) is 9.85. The van der Waals surface area contributed by atoms with Crippen molar-refractivity contribution >= 4 is 21.6 Å². The number of ether oxygens (including phenoxy) is 1. The fourth-order valence-corrected chi connectivity index (χ4v) is 5.89. The number of sulfonamides is 1. The lowest BCUT2D eigenvalue weighted by atomic mass is 10.1. The van der Waals surface area contributed by atoms with Crippen LogP contribution in [0.15, 0.2) is 53.4 Å². The van der Waals surface area contributed by atoms with Gasteiger partial charge in [0.15, 0.2) is 0 Å². The number of carbonyl (C=O) groups is 1. The molecule has 1 unspecified atom stereocenters. The van der Waals surface area contributed by atoms with Crippen LogP contribution >= 0.6 is 0 Å². The largest absolute Gasteiger partial charge is 0.380 e. The number of carbonyl (C=O) groups excluding carboxylic acids is 1. The van der Waals surface area contributed by atoms with Crippen molar-refractivity contribution in [1.82, 2.24) is 9.21 Å². The molecule has 0 aliphatic carbocycles. The maximum atomic E-state index is 13.3. The lowest BCUT2D eigenvalue weighted by molar-refractivity contribution is 0.0730. The monoisotopic (exact) mass is 443 g/mol. The molecule has 1 amide bonds. The van der Waals surface area contributed by atoms with E-state index in [1.54, 1.807) is 23.1 Å². The first-order valence-electron chi connectivity index (χ1n) is 10.8. The molecule has 0 spiro atoms. The molecule has 2 aliphatic rings. The van der Waals surface area contributed by atoms with Gasteiger partial charge in [0, 0.05) is 43.5 Å². The van der Waals surface area contributed by atoms with E-state index in [0.29, 0.717) is 51.4 Å². The van der Waals surface area contributed by atoms with Crippen LogP contribution in [-0.4, -0.2) is 69.0 Å². The minimum absolute atomic E-state index is 0.126. The van der Waals surface area contributed by atoms with E-state index in [-0.39, 0.29) is 16.8 Å². The summed E-state index contributed by atoms with van der Waals surface area (Å²) in [5.41, 5.74) is 2.19. The molecule has 0 aromatic heterocycles. The summed E-state index contributed by atoms with van der Waals surface area (Å²) in [5.74, 6) is -0.126. The van der Waals surface area contributed by atoms with Crippen LogP contribution in [0.3, 0.4) is 0 Å². The molecular formula is C23H29N3O4S. The molecule has 2 saturated heterocycles. The third kappa shape index (κ3) is 4.76. The second kappa shape index (κ2) is 9.38. The molecule has 1 atom stereocenters. The van der Waals surface area contributed by atoms with Crippen LogP contribution in [0.1, 0.15) is 29.3 Å². The van der Waals surface area contributed by atoms with Gasteiger partial charge >= 0.3 is 0 Å². The molecule has 166 valence electrons. The van der Waals surface area contributed by atoms with E-state index in [9.17, 15) is 13.2 Å². The Morgan fingerprint density at radius 2 is 1.84 bits per heavy atom. The standard InChI is InChI=1S/C23H29N3O4S/c1-2-18-8-9-19(16-22(18)31(28,29)26-12-14-30-15-13-26)23(27)25-11-10-21(17-25)24-20-6-4-3-5-7-20/h3-9,16,21,24H,2,10-15,17H2,1H3. The van der Waals surface area contributed by atoms with Crippen molar-refractivity contribution in [2.45, 2.75) is 30.7 Å². The summed E-state index contributed by atoms with van der Waals surface area (Å²) in [7, 11) is -3.67. The first kappa shape index (κ1) is 21.8. The van der Waals surface area contributed by atoms with E-state index < -0.39 is 10.0 Å². The van der Waals surface area contributed by atoms with Crippen LogP contribution in [0.2, 0.25) is 0 Å². The van der Waals surface area contributed by atoms with Crippen LogP contribution in [-0.2, 0) is 21.2 Å². The Balaban J connectivity index is 1.52. The number of anilines is 1. The number of nitrogens with zero attached hydrogens (tertiary/aromatic N) is 2. The number of morpholine rings is 1. The first-order chi connectivity index (χ1) is 15.0. The van der Waals surface area contributed by atoms with Gasteiger partial charge in [-0.05, 0) is 42.7 Å². The molecule has 7 nitrogen and oxygen atoms in total. The fourth-order valence-electron chi connectivity index (χ4n) is 4.16. The predicted octanol–water partition coefficient (Wildman–Crippen LogP) is 2.60. The topological polar surface area (TPSA) is 79.0 Å². The SMILES string of the molecule is CCc1ccc(C(=O)N2CCC(Nc3ccccc3)C2)cc1S(=O)(=O)N1CCOCC1. The predicted molar refractivity (Wildman–Crippen MR) is 120 cm³/mol. The van der Waals surface area contributed by atoms with Crippen molar-refractivity contribution in [3.8, 4) is 0 Å². The van der Waals surface area contributed by atoms with Crippen LogP contribution in [0.25, 0.3) is 0 Å². The lowest BCUT2D eigenvalue weighted by Crippen LogP contribution is -2.41. The molecule has 0 radical (unpaired) electrons. The van der Waals surface area contributed by atoms with Crippen molar-refractivity contribution in [3.05, 3.63) is 59.7 Å². The summed E-state index contributed by atoms with van der Waals surface area (Å²) in [6.45, 7) is 4.62. The molecule has 1 N–H and O–H groups in total. The Morgan fingerprint density at radius 1 is 1.10 bits per heavy atom. The molecule has 31 heavy (non-hydrogen) atoms. The van der Waals surface area contributed by atoms with Crippen molar-refractivity contribution in [2.24, 2.45) is 0 Å². The summed E-state index contributed by atoms with van der Waals surface area (Å²) in [4.78, 5) is 15.2. The number of likely N-dealkylation sites (tertiary alicyclic amines) is 1. The maximum absolute atomic E-state index is 13.3. The van der Waals surface area contributed by atoms with Gasteiger partial charge in [-0.3, -0.25) is 4.79 Å². The number of para-hydroxylation sites is 1. The minimum Gasteiger partial charge on any atom is -0.380 e. The summed E-state index contributed by atoms with van der Waals surface area (Å²) >= 11 is 0. The van der Waals surface area contributed by atoms with Crippen molar-refractivity contribution in [1.29, 1.82) is 0 Å². The van der Waals surface area contributed by atoms with Gasteiger partial charge in [0.2, 0.25) is 10.0 Å². The van der Waals surface area contributed by atoms with Gasteiger partial charge in [0.25, 0.3) is 5.91 Å². The van der Waals surface area contributed by atoms with Gasteiger partial charge in [-0.1, -0.05) is 31.2 Å². The highest BCUT2D eigenvalue weighted by molar-refractivity contribution is 7.89. The Labute approximate surface area is 184 Å². The highest BCUT2D eigenvalue weighted by atomic mass is 32.2. The van der Waals surface area contributed by atoms with Gasteiger partial charge < -0.3 is 15.0 Å². The summed E-state index contributed by atoms with van der Waals surface area (Å²) in [6, 6.07) is 15.2. The average molecular weight is 444 g/mol. The highest BCUT2D eigenvalue weighted by Crippen LogP contribution is 2.25. The third-order valence-electron chi connectivity index (χ3n) is 5.90. The number of hydrogen-bond donors (Lipinski definition) is 1. The van der Waals surface area contributed by atoms with Crippen LogP contribution in [0.4, 0.5) is 5.69 Å². The molecule has 2 heterocycles. The average Bonchev–Trinajstić information content (AvgIpc) is 3.28. The normalized spacial score (nSPS) is 20.0. The van der Waals surface area contributed by atoms with Crippen LogP contribution < -0.4 is 5.32 Å². The molecule has 0 bridgehead atoms. The number of hydrogen-bond acceptors (Lipinski definition) is 5. The van der Waals surface area contributed by atoms with E-state index in [2.05, 4.69) is 5.32 Å². The van der Waals surface area contributed by atoms with Crippen molar-refractivity contribution < 1.29 is 17.9 Å². The van der Waals surface area contributed by atoms with E-state index in [1.165, 1.54) is 4.31 Å². The summed E-state index contributed by atoms with van der Waals surface area (Å²) in [5, 5.41) is 3.47. The lowest BCUT2D eigenvalue weighted by Gasteiger charge is -2.27. The maximum Gasteiger partial charge on any atom is 0.253 e. The van der Waals surface area contributed by atoms with Crippen molar-refractivity contribution in [3.63, 3.8) is 0 Å². The van der Waals surface area contributed by atoms with Gasteiger partial charge in [0.1, 0.15) is 0 Å². The molecule has 2 aliphatic heterocycles. The minimum atomic E-state index is -3.67. The second-order valence-electron chi connectivity index (χ2n) is 7.94. The van der Waals surface area contributed by atoms with Crippen LogP contribution in [0.5, 0.6) is 0 Å². The molecule has 0 saturated carbocycles. The third-order valence-corrected chi connectivity index (χ3v) is 7.88. The number of rotatable bonds is 6. The molecular weight excluding hydrogens is 414 g/mol. The molecule has 4 rings (SSSR count). The molecule has 2 fully saturated rings. The zero-order chi connectivity index (χ0) is 21.8. The van der Waals surface area contributed by atoms with Crippen molar-refractivity contribution in [2.75, 3.05) is 44.7 Å². The zero-order valence-corrected chi connectivity index (χ0v) is 18.6. The van der Waals surface area contributed by atoms with E-state index >= 15 is 0 Å². The van der Waals surface area contributed by atoms with E-state index in [1.807, 2.05) is 37.3 Å². The van der Waals surface area contributed by atoms with Gasteiger partial charge in [-0.25, -0.2) is 8.42 Å². The number of nitrogens with one attached hydrogen (secondary N) is 1. The van der Waals surface area contributed by atoms with Gasteiger partial charge in [-0.2, -0.15) is 4.31 Å². The Bertz CT molecular complexity index is 1020. The Hall–Kier alpha value is -2.42. The van der Waals surface area contributed by atoms with Crippen LogP contribution in [0, 0.1) is 0 Å². The van der Waals surface area contributed by atoms with E-state index in [0.717, 1.165) is 17.7 Å². The smallest absolute Gasteiger partial charge is 0.253 e. The highest BCUT2D eigenvalue weighted by Gasteiger charge is 2.31. The number of benzene rings is 2.